The number of aromatic carboxylic acids is 1. The Hall–Kier alpha value is -4.35. The first kappa shape index (κ1) is 22.4. The number of hydrogen-bond donors (Lipinski definition) is 1. The third-order valence-corrected chi connectivity index (χ3v) is 6.00. The first-order valence-electron chi connectivity index (χ1n) is 11.2. The maximum Gasteiger partial charge on any atom is 0.339 e. The van der Waals surface area contributed by atoms with E-state index < -0.39 is 5.97 Å². The highest BCUT2D eigenvalue weighted by Gasteiger charge is 2.19. The fourth-order valence-electron chi connectivity index (χ4n) is 4.19. The van der Waals surface area contributed by atoms with Crippen molar-refractivity contribution < 1.29 is 28.5 Å². The Morgan fingerprint density at radius 3 is 2.63 bits per heavy atom. The summed E-state index contributed by atoms with van der Waals surface area (Å²) in [5.41, 5.74) is 3.95. The average Bonchev–Trinajstić information content (AvgIpc) is 3.34. The van der Waals surface area contributed by atoms with Gasteiger partial charge in [0.25, 0.3) is 0 Å². The number of nitrogens with zero attached hydrogens (tertiary/aromatic N) is 2. The molecular weight excluding hydrogens is 448 g/mol. The molecular formula is C27H22N2O6. The third-order valence-electron chi connectivity index (χ3n) is 6.00. The molecule has 0 saturated carbocycles. The number of hydrogen-bond acceptors (Lipinski definition) is 7. The lowest BCUT2D eigenvalue weighted by Crippen LogP contribution is -2.26. The van der Waals surface area contributed by atoms with Crippen LogP contribution in [0.1, 0.15) is 28.8 Å². The summed E-state index contributed by atoms with van der Waals surface area (Å²) in [6.07, 6.45) is 3.31. The van der Waals surface area contributed by atoms with Crippen molar-refractivity contribution in [2.75, 3.05) is 20.3 Å². The van der Waals surface area contributed by atoms with Gasteiger partial charge in [-0.1, -0.05) is 12.1 Å². The molecule has 1 saturated heterocycles. The number of carboxylic acids is 1. The summed E-state index contributed by atoms with van der Waals surface area (Å²) in [7, 11) is 1.42. The van der Waals surface area contributed by atoms with E-state index in [1.165, 1.54) is 13.2 Å². The van der Waals surface area contributed by atoms with E-state index in [0.717, 1.165) is 24.0 Å². The van der Waals surface area contributed by atoms with E-state index in [0.29, 0.717) is 47.0 Å². The first-order valence-corrected chi connectivity index (χ1v) is 11.2. The lowest BCUT2D eigenvalue weighted by atomic mass is 10.0. The topological polar surface area (TPSA) is 115 Å². The van der Waals surface area contributed by atoms with Crippen molar-refractivity contribution in [3.05, 3.63) is 65.9 Å². The summed E-state index contributed by atoms with van der Waals surface area (Å²) in [6.45, 7) is 1.32. The molecule has 2 aromatic carbocycles. The van der Waals surface area contributed by atoms with E-state index in [4.69, 9.17) is 18.6 Å². The smallest absolute Gasteiger partial charge is 0.339 e. The van der Waals surface area contributed by atoms with Gasteiger partial charge in [0, 0.05) is 36.2 Å². The van der Waals surface area contributed by atoms with Crippen LogP contribution >= 0.6 is 0 Å². The molecule has 176 valence electrons. The van der Waals surface area contributed by atoms with Gasteiger partial charge in [-0.15, -0.1) is 0 Å². The van der Waals surface area contributed by atoms with Gasteiger partial charge in [0.2, 0.25) is 0 Å². The molecule has 1 N–H and O–H groups in total. The summed E-state index contributed by atoms with van der Waals surface area (Å²) in [6, 6.07) is 16.1. The van der Waals surface area contributed by atoms with Gasteiger partial charge in [0.15, 0.2) is 5.58 Å². The molecule has 8 heteroatoms. The Labute approximate surface area is 201 Å². The summed E-state index contributed by atoms with van der Waals surface area (Å²) >= 11 is 0. The van der Waals surface area contributed by atoms with E-state index in [9.17, 15) is 15.2 Å². The summed E-state index contributed by atoms with van der Waals surface area (Å²) in [5, 5.41) is 19.1. The van der Waals surface area contributed by atoms with Crippen LogP contribution in [0.3, 0.4) is 0 Å². The highest BCUT2D eigenvalue weighted by Crippen LogP contribution is 2.36. The largest absolute Gasteiger partial charge is 0.496 e. The number of nitriles is 1. The molecule has 35 heavy (non-hydrogen) atoms. The lowest BCUT2D eigenvalue weighted by Gasteiger charge is -2.23. The van der Waals surface area contributed by atoms with Crippen molar-refractivity contribution in [2.45, 2.75) is 18.9 Å². The van der Waals surface area contributed by atoms with E-state index in [-0.39, 0.29) is 17.4 Å². The molecule has 3 heterocycles. The summed E-state index contributed by atoms with van der Waals surface area (Å²) < 4.78 is 22.9. The fraction of sp³-hybridized carbons (Fsp3) is 0.222. The van der Waals surface area contributed by atoms with Crippen LogP contribution in [-0.4, -0.2) is 42.5 Å². The molecule has 4 aromatic rings. The predicted octanol–water partition coefficient (Wildman–Crippen LogP) is 5.30. The molecule has 5 rings (SSSR count). The minimum Gasteiger partial charge on any atom is -0.496 e. The second-order valence-electron chi connectivity index (χ2n) is 8.16. The average molecular weight is 470 g/mol. The fourth-order valence-corrected chi connectivity index (χ4v) is 4.19. The number of ether oxygens (including phenoxy) is 3. The van der Waals surface area contributed by atoms with Gasteiger partial charge in [0.1, 0.15) is 40.5 Å². The van der Waals surface area contributed by atoms with Crippen molar-refractivity contribution in [3.8, 4) is 40.0 Å². The summed E-state index contributed by atoms with van der Waals surface area (Å²) in [4.78, 5) is 15.8. The van der Waals surface area contributed by atoms with Crippen molar-refractivity contribution >= 4 is 17.1 Å². The number of carboxylic acid groups (broad SMARTS) is 1. The van der Waals surface area contributed by atoms with Crippen LogP contribution in [0.4, 0.5) is 0 Å². The van der Waals surface area contributed by atoms with Gasteiger partial charge >= 0.3 is 5.97 Å². The number of rotatable bonds is 6. The van der Waals surface area contributed by atoms with Crippen molar-refractivity contribution in [1.82, 2.24) is 4.98 Å². The maximum absolute atomic E-state index is 11.4. The number of carbonyl (C=O) groups is 1. The molecule has 0 atom stereocenters. The molecule has 2 aromatic heterocycles. The third kappa shape index (κ3) is 4.42. The van der Waals surface area contributed by atoms with E-state index >= 15 is 0 Å². The number of methoxy groups -OCH3 is 1. The molecule has 0 amide bonds. The standard InChI is InChI=1S/C27H22N2O6/c1-32-25-13-17(2-4-21(25)27(30)31)24-14-22-26(35-24)20(6-9-29-22)16-3-5-23(18(12-16)15-28)34-19-7-10-33-11-8-19/h2-6,9,12-14,19H,7-8,10-11H2,1H3,(H,30,31). The van der Waals surface area contributed by atoms with Gasteiger partial charge in [0.05, 0.1) is 25.9 Å². The van der Waals surface area contributed by atoms with Crippen LogP contribution in [0, 0.1) is 11.3 Å². The Balaban J connectivity index is 1.51. The second-order valence-corrected chi connectivity index (χ2v) is 8.16. The minimum absolute atomic E-state index is 0.0338. The lowest BCUT2D eigenvalue weighted by molar-refractivity contribution is 0.0254. The van der Waals surface area contributed by atoms with Crippen molar-refractivity contribution in [2.24, 2.45) is 0 Å². The quantitative estimate of drug-likeness (QED) is 0.404. The Morgan fingerprint density at radius 1 is 1.09 bits per heavy atom. The Morgan fingerprint density at radius 2 is 1.89 bits per heavy atom. The Kier molecular flexibility index (Phi) is 6.08. The molecule has 1 aliphatic heterocycles. The van der Waals surface area contributed by atoms with Crippen molar-refractivity contribution in [1.29, 1.82) is 5.26 Å². The molecule has 1 aliphatic rings. The molecule has 1 fully saturated rings. The molecule has 0 unspecified atom stereocenters. The van der Waals surface area contributed by atoms with Crippen LogP contribution < -0.4 is 9.47 Å². The molecule has 0 spiro atoms. The number of pyridine rings is 1. The van der Waals surface area contributed by atoms with Gasteiger partial charge in [-0.05, 0) is 35.9 Å². The van der Waals surface area contributed by atoms with Crippen LogP contribution in [0.5, 0.6) is 11.5 Å². The number of benzene rings is 2. The first-order chi connectivity index (χ1) is 17.1. The molecule has 0 radical (unpaired) electrons. The monoisotopic (exact) mass is 470 g/mol. The van der Waals surface area contributed by atoms with Crippen LogP contribution in [0.15, 0.2) is 59.1 Å². The Bertz CT molecular complexity index is 1450. The highest BCUT2D eigenvalue weighted by molar-refractivity contribution is 5.94. The van der Waals surface area contributed by atoms with Crippen LogP contribution in [0.25, 0.3) is 33.6 Å². The SMILES string of the molecule is COc1cc(-c2cc3nccc(-c4ccc(OC5CCOCC5)c(C#N)c4)c3o2)ccc1C(=O)O. The van der Waals surface area contributed by atoms with Crippen LogP contribution in [-0.2, 0) is 4.74 Å². The maximum atomic E-state index is 11.4. The number of aromatic nitrogens is 1. The van der Waals surface area contributed by atoms with Crippen LogP contribution in [0.2, 0.25) is 0 Å². The normalized spacial score (nSPS) is 13.9. The predicted molar refractivity (Wildman–Crippen MR) is 128 cm³/mol. The second kappa shape index (κ2) is 9.49. The van der Waals surface area contributed by atoms with Gasteiger partial charge in [-0.25, -0.2) is 4.79 Å². The minimum atomic E-state index is -1.07. The van der Waals surface area contributed by atoms with Crippen molar-refractivity contribution in [3.63, 3.8) is 0 Å². The summed E-state index contributed by atoms with van der Waals surface area (Å²) in [5.74, 6) is 0.247. The molecule has 0 aliphatic carbocycles. The number of fused-ring (bicyclic) bond motifs is 1. The number of furan rings is 1. The van der Waals surface area contributed by atoms with Gasteiger partial charge < -0.3 is 23.7 Å². The molecule has 8 nitrogen and oxygen atoms in total. The highest BCUT2D eigenvalue weighted by atomic mass is 16.5. The van der Waals surface area contributed by atoms with Gasteiger partial charge in [-0.3, -0.25) is 4.98 Å². The zero-order chi connectivity index (χ0) is 24.4. The van der Waals surface area contributed by atoms with E-state index in [1.807, 2.05) is 18.2 Å². The molecule has 0 bridgehead atoms. The zero-order valence-corrected chi connectivity index (χ0v) is 19.0. The van der Waals surface area contributed by atoms with Gasteiger partial charge in [-0.2, -0.15) is 5.26 Å². The zero-order valence-electron chi connectivity index (χ0n) is 19.0. The van der Waals surface area contributed by atoms with E-state index in [2.05, 4.69) is 11.1 Å². The van der Waals surface area contributed by atoms with E-state index in [1.54, 1.807) is 30.5 Å².